The van der Waals surface area contributed by atoms with E-state index in [1.165, 1.54) is 18.4 Å². The van der Waals surface area contributed by atoms with Gasteiger partial charge in [0.25, 0.3) is 0 Å². The van der Waals surface area contributed by atoms with Crippen LogP contribution in [0.1, 0.15) is 40.5 Å². The van der Waals surface area contributed by atoms with Gasteiger partial charge in [0.1, 0.15) is 0 Å². The normalized spacial score (nSPS) is 21.7. The monoisotopic (exact) mass is 167 g/mol. The third-order valence-electron chi connectivity index (χ3n) is 2.71. The van der Waals surface area contributed by atoms with E-state index in [0.29, 0.717) is 11.5 Å². The van der Waals surface area contributed by atoms with Gasteiger partial charge in [0.2, 0.25) is 0 Å². The molecule has 1 N–H and O–H groups in total. The Bertz CT molecular complexity index is 173. The maximum absolute atomic E-state index is 3.54. The van der Waals surface area contributed by atoms with E-state index in [0.717, 1.165) is 6.54 Å². The molecule has 0 aliphatic heterocycles. The van der Waals surface area contributed by atoms with Crippen LogP contribution < -0.4 is 5.32 Å². The van der Waals surface area contributed by atoms with Crippen LogP contribution in [0.15, 0.2) is 11.6 Å². The molecule has 1 fully saturated rings. The summed E-state index contributed by atoms with van der Waals surface area (Å²) in [5, 5.41) is 3.54. The quantitative estimate of drug-likeness (QED) is 0.635. The highest BCUT2D eigenvalue weighted by Crippen LogP contribution is 2.48. The van der Waals surface area contributed by atoms with Crippen molar-refractivity contribution in [2.45, 2.75) is 46.6 Å². The van der Waals surface area contributed by atoms with Crippen LogP contribution in [0.4, 0.5) is 0 Å². The van der Waals surface area contributed by atoms with Gasteiger partial charge in [-0.25, -0.2) is 0 Å². The number of allylic oxidation sites excluding steroid dienone is 1. The summed E-state index contributed by atoms with van der Waals surface area (Å²) in [7, 11) is 0. The summed E-state index contributed by atoms with van der Waals surface area (Å²) in [5.41, 5.74) is 1.99. The van der Waals surface area contributed by atoms with Gasteiger partial charge >= 0.3 is 0 Å². The Balaban J connectivity index is 2.55. The highest BCUT2D eigenvalue weighted by Gasteiger charge is 2.43. The lowest BCUT2D eigenvalue weighted by atomic mass is 9.97. The molecular formula is C11H21N. The van der Waals surface area contributed by atoms with E-state index in [9.17, 15) is 0 Å². The minimum Gasteiger partial charge on any atom is -0.310 e. The molecule has 0 aromatic carbocycles. The second kappa shape index (κ2) is 3.61. The number of rotatable bonds is 4. The van der Waals surface area contributed by atoms with Gasteiger partial charge in [0.15, 0.2) is 0 Å². The molecule has 1 aliphatic rings. The molecule has 0 bridgehead atoms. The molecule has 1 nitrogen and oxygen atoms in total. The third kappa shape index (κ3) is 2.34. The van der Waals surface area contributed by atoms with E-state index < -0.39 is 0 Å². The van der Waals surface area contributed by atoms with Gasteiger partial charge in [-0.05, 0) is 38.6 Å². The first-order valence-electron chi connectivity index (χ1n) is 4.97. The summed E-state index contributed by atoms with van der Waals surface area (Å²) in [4.78, 5) is 0. The van der Waals surface area contributed by atoms with E-state index >= 15 is 0 Å². The molecule has 12 heavy (non-hydrogen) atoms. The molecule has 70 valence electrons. The SMILES string of the molecule is CCNC(C=C(C)C)C1(C)CC1. The molecule has 1 aliphatic carbocycles. The summed E-state index contributed by atoms with van der Waals surface area (Å²) in [6.45, 7) is 9.98. The number of nitrogens with one attached hydrogen (secondary N) is 1. The fourth-order valence-corrected chi connectivity index (χ4v) is 1.57. The molecule has 1 rings (SSSR count). The molecule has 1 unspecified atom stereocenters. The maximum Gasteiger partial charge on any atom is 0.0306 e. The Labute approximate surface area is 76.2 Å². The van der Waals surface area contributed by atoms with Crippen LogP contribution in [-0.2, 0) is 0 Å². The van der Waals surface area contributed by atoms with Crippen LogP contribution in [0.25, 0.3) is 0 Å². The van der Waals surface area contributed by atoms with Crippen molar-refractivity contribution in [3.63, 3.8) is 0 Å². The van der Waals surface area contributed by atoms with Gasteiger partial charge in [0, 0.05) is 6.04 Å². The molecule has 0 radical (unpaired) electrons. The van der Waals surface area contributed by atoms with E-state index in [1.807, 2.05) is 0 Å². The summed E-state index contributed by atoms with van der Waals surface area (Å²) < 4.78 is 0. The van der Waals surface area contributed by atoms with Gasteiger partial charge in [0.05, 0.1) is 0 Å². The Morgan fingerprint density at radius 3 is 2.42 bits per heavy atom. The van der Waals surface area contributed by atoms with Gasteiger partial charge in [-0.3, -0.25) is 0 Å². The van der Waals surface area contributed by atoms with Crippen LogP contribution in [0.5, 0.6) is 0 Å². The van der Waals surface area contributed by atoms with Crippen LogP contribution in [0.3, 0.4) is 0 Å². The number of hydrogen-bond donors (Lipinski definition) is 1. The number of hydrogen-bond acceptors (Lipinski definition) is 1. The third-order valence-corrected chi connectivity index (χ3v) is 2.71. The molecule has 0 spiro atoms. The van der Waals surface area contributed by atoms with Crippen molar-refractivity contribution < 1.29 is 0 Å². The van der Waals surface area contributed by atoms with E-state index in [1.54, 1.807) is 0 Å². The van der Waals surface area contributed by atoms with E-state index in [-0.39, 0.29) is 0 Å². The molecule has 1 saturated carbocycles. The minimum atomic E-state index is 0.563. The van der Waals surface area contributed by atoms with Crippen molar-refractivity contribution in [1.29, 1.82) is 0 Å². The maximum atomic E-state index is 3.54. The van der Waals surface area contributed by atoms with E-state index in [4.69, 9.17) is 0 Å². The summed E-state index contributed by atoms with van der Waals surface area (Å²) in [5.74, 6) is 0. The minimum absolute atomic E-state index is 0.563. The van der Waals surface area contributed by atoms with Gasteiger partial charge < -0.3 is 5.32 Å². The van der Waals surface area contributed by atoms with Crippen molar-refractivity contribution in [3.8, 4) is 0 Å². The predicted octanol–water partition coefficient (Wildman–Crippen LogP) is 2.73. The van der Waals surface area contributed by atoms with Gasteiger partial charge in [-0.1, -0.05) is 25.5 Å². The smallest absolute Gasteiger partial charge is 0.0306 e. The molecule has 0 aromatic heterocycles. The molecule has 1 atom stereocenters. The Morgan fingerprint density at radius 2 is 2.08 bits per heavy atom. The highest BCUT2D eigenvalue weighted by molar-refractivity contribution is 5.11. The molecule has 0 saturated heterocycles. The average Bonchev–Trinajstić information content (AvgIpc) is 2.68. The second-order valence-corrected chi connectivity index (χ2v) is 4.43. The van der Waals surface area contributed by atoms with Crippen LogP contribution in [0, 0.1) is 5.41 Å². The van der Waals surface area contributed by atoms with Gasteiger partial charge in [-0.2, -0.15) is 0 Å². The van der Waals surface area contributed by atoms with E-state index in [2.05, 4.69) is 39.1 Å². The fraction of sp³-hybridized carbons (Fsp3) is 0.818. The Kier molecular flexibility index (Phi) is 2.94. The largest absolute Gasteiger partial charge is 0.310 e. The summed E-state index contributed by atoms with van der Waals surface area (Å²) >= 11 is 0. The molecular weight excluding hydrogens is 146 g/mol. The zero-order valence-corrected chi connectivity index (χ0v) is 8.78. The Hall–Kier alpha value is -0.300. The van der Waals surface area contributed by atoms with Crippen molar-refractivity contribution >= 4 is 0 Å². The first kappa shape index (κ1) is 9.79. The number of likely N-dealkylation sites (N-methyl/N-ethyl adjacent to an activating group) is 1. The molecule has 0 heterocycles. The fourth-order valence-electron chi connectivity index (χ4n) is 1.57. The molecule has 1 heteroatoms. The van der Waals surface area contributed by atoms with Crippen LogP contribution >= 0.6 is 0 Å². The van der Waals surface area contributed by atoms with Crippen molar-refractivity contribution in [2.24, 2.45) is 5.41 Å². The lowest BCUT2D eigenvalue weighted by Crippen LogP contribution is -2.34. The lowest BCUT2D eigenvalue weighted by molar-refractivity contribution is 0.423. The first-order chi connectivity index (χ1) is 5.58. The zero-order chi connectivity index (χ0) is 9.19. The molecule has 0 aromatic rings. The van der Waals surface area contributed by atoms with Crippen LogP contribution in [0.2, 0.25) is 0 Å². The lowest BCUT2D eigenvalue weighted by Gasteiger charge is -2.21. The standard InChI is InChI=1S/C11H21N/c1-5-12-10(8-9(2)3)11(4)6-7-11/h8,10,12H,5-7H2,1-4H3. The van der Waals surface area contributed by atoms with Gasteiger partial charge in [-0.15, -0.1) is 0 Å². The molecule has 0 amide bonds. The summed E-state index contributed by atoms with van der Waals surface area (Å²) in [6, 6.07) is 0.604. The van der Waals surface area contributed by atoms with Crippen molar-refractivity contribution in [2.75, 3.05) is 6.54 Å². The van der Waals surface area contributed by atoms with Crippen molar-refractivity contribution in [1.82, 2.24) is 5.32 Å². The average molecular weight is 167 g/mol. The zero-order valence-electron chi connectivity index (χ0n) is 8.78. The Morgan fingerprint density at radius 1 is 1.50 bits per heavy atom. The second-order valence-electron chi connectivity index (χ2n) is 4.43. The topological polar surface area (TPSA) is 12.0 Å². The van der Waals surface area contributed by atoms with Crippen molar-refractivity contribution in [3.05, 3.63) is 11.6 Å². The summed E-state index contributed by atoms with van der Waals surface area (Å²) in [6.07, 6.45) is 5.14. The first-order valence-corrected chi connectivity index (χ1v) is 4.97. The van der Waals surface area contributed by atoms with Crippen LogP contribution in [-0.4, -0.2) is 12.6 Å². The predicted molar refractivity (Wildman–Crippen MR) is 54.2 cm³/mol. The highest BCUT2D eigenvalue weighted by atomic mass is 14.9.